The fourth-order valence-corrected chi connectivity index (χ4v) is 5.00. The summed E-state index contributed by atoms with van der Waals surface area (Å²) in [6, 6.07) is 8.04. The molecule has 2 aliphatic heterocycles. The average molecular weight is 447 g/mol. The molecule has 1 atom stereocenters. The maximum Gasteiger partial charge on any atom is 0.326 e. The van der Waals surface area contributed by atoms with Gasteiger partial charge in [-0.3, -0.25) is 18.2 Å². The normalized spacial score (nSPS) is 19.7. The number of fused-ring (bicyclic) bond motifs is 1. The second-order valence-corrected chi connectivity index (χ2v) is 9.92. The molecule has 2 aromatic carbocycles. The van der Waals surface area contributed by atoms with E-state index in [1.807, 2.05) is 32.0 Å². The second kappa shape index (κ2) is 7.23. The number of carbonyl (C=O) groups excluding carboxylic acids is 2. The van der Waals surface area contributed by atoms with E-state index in [4.69, 9.17) is 0 Å². The third-order valence-electron chi connectivity index (χ3n) is 5.99. The van der Waals surface area contributed by atoms with E-state index in [2.05, 4.69) is 5.32 Å². The molecule has 8 nitrogen and oxygen atoms in total. The van der Waals surface area contributed by atoms with Crippen LogP contribution in [0.15, 0.2) is 30.3 Å². The highest BCUT2D eigenvalue weighted by Gasteiger charge is 2.38. The molecule has 0 bridgehead atoms. The third-order valence-corrected chi connectivity index (χ3v) is 7.77. The molecule has 0 radical (unpaired) electrons. The van der Waals surface area contributed by atoms with E-state index in [1.165, 1.54) is 20.2 Å². The lowest BCUT2D eigenvalue weighted by Crippen LogP contribution is -2.32. The summed E-state index contributed by atoms with van der Waals surface area (Å²) in [6.07, 6.45) is 0.0162. The quantitative estimate of drug-likeness (QED) is 0.785. The lowest BCUT2D eigenvalue weighted by atomic mass is 10.1. The number of aryl methyl sites for hydroxylation is 2. The van der Waals surface area contributed by atoms with Crippen molar-refractivity contribution >= 4 is 44.8 Å². The molecule has 2 amide bonds. The Morgan fingerprint density at radius 3 is 2.35 bits per heavy atom. The highest BCUT2D eigenvalue weighted by atomic mass is 32.2. The largest absolute Gasteiger partial charge is 0.326 e. The second-order valence-electron chi connectivity index (χ2n) is 7.93. The van der Waals surface area contributed by atoms with E-state index in [0.29, 0.717) is 0 Å². The lowest BCUT2D eigenvalue weighted by Gasteiger charge is -2.18. The smallest absolute Gasteiger partial charge is 0.323 e. The monoisotopic (exact) mass is 446 g/mol. The van der Waals surface area contributed by atoms with Crippen LogP contribution in [-0.4, -0.2) is 40.9 Å². The molecule has 2 heterocycles. The van der Waals surface area contributed by atoms with Gasteiger partial charge in [0.05, 0.1) is 23.0 Å². The Morgan fingerprint density at radius 1 is 1.06 bits per heavy atom. The SMILES string of the molecule is Cc1ccc(N2C[C@H](C(=O)Nc3cc4c(cc3F)N(C)S(=O)(=O)N4C)CC2=O)cc1C. The first-order chi connectivity index (χ1) is 14.5. The van der Waals surface area contributed by atoms with E-state index in [1.54, 1.807) is 4.90 Å². The van der Waals surface area contributed by atoms with Gasteiger partial charge in [-0.05, 0) is 43.2 Å². The van der Waals surface area contributed by atoms with Crippen molar-refractivity contribution in [2.75, 3.05) is 39.5 Å². The Kier molecular flexibility index (Phi) is 4.92. The highest BCUT2D eigenvalue weighted by Crippen LogP contribution is 2.41. The van der Waals surface area contributed by atoms with Gasteiger partial charge in [-0.1, -0.05) is 6.07 Å². The van der Waals surface area contributed by atoms with Crippen LogP contribution in [0.3, 0.4) is 0 Å². The molecular formula is C21H23FN4O4S. The van der Waals surface area contributed by atoms with Crippen LogP contribution in [0.4, 0.5) is 27.1 Å². The number of nitrogens with one attached hydrogen (secondary N) is 1. The van der Waals surface area contributed by atoms with Crippen LogP contribution in [0, 0.1) is 25.6 Å². The lowest BCUT2D eigenvalue weighted by molar-refractivity contribution is -0.122. The summed E-state index contributed by atoms with van der Waals surface area (Å²) in [7, 11) is -1.06. The molecule has 2 aromatic rings. The number of benzene rings is 2. The number of nitrogens with zero attached hydrogens (tertiary/aromatic N) is 3. The molecule has 0 unspecified atom stereocenters. The highest BCUT2D eigenvalue weighted by molar-refractivity contribution is 7.94. The first-order valence-electron chi connectivity index (χ1n) is 9.75. The number of amides is 2. The predicted octanol–water partition coefficient (Wildman–Crippen LogP) is 2.56. The zero-order valence-corrected chi connectivity index (χ0v) is 18.5. The van der Waals surface area contributed by atoms with Crippen LogP contribution < -0.4 is 18.8 Å². The van der Waals surface area contributed by atoms with Gasteiger partial charge in [-0.15, -0.1) is 0 Å². The van der Waals surface area contributed by atoms with Gasteiger partial charge in [-0.2, -0.15) is 8.42 Å². The fraction of sp³-hybridized carbons (Fsp3) is 0.333. The van der Waals surface area contributed by atoms with Crippen molar-refractivity contribution in [3.05, 3.63) is 47.3 Å². The van der Waals surface area contributed by atoms with Crippen LogP contribution in [0.1, 0.15) is 17.5 Å². The number of halogens is 1. The number of carbonyl (C=O) groups is 2. The Balaban J connectivity index is 1.54. The average Bonchev–Trinajstić information content (AvgIpc) is 3.17. The van der Waals surface area contributed by atoms with Gasteiger partial charge < -0.3 is 10.2 Å². The van der Waals surface area contributed by atoms with Gasteiger partial charge in [0.25, 0.3) is 0 Å². The minimum atomic E-state index is -3.76. The Hall–Kier alpha value is -3.14. The molecule has 0 aromatic heterocycles. The van der Waals surface area contributed by atoms with Gasteiger partial charge >= 0.3 is 10.2 Å². The van der Waals surface area contributed by atoms with Gasteiger partial charge in [-0.25, -0.2) is 4.39 Å². The topological polar surface area (TPSA) is 90.0 Å². The summed E-state index contributed by atoms with van der Waals surface area (Å²) in [4.78, 5) is 26.8. The molecule has 0 aliphatic carbocycles. The molecule has 31 heavy (non-hydrogen) atoms. The van der Waals surface area contributed by atoms with Gasteiger partial charge in [0.2, 0.25) is 11.8 Å². The van der Waals surface area contributed by atoms with E-state index in [0.717, 1.165) is 31.5 Å². The summed E-state index contributed by atoms with van der Waals surface area (Å²) in [5.74, 6) is -2.06. The van der Waals surface area contributed by atoms with Crippen molar-refractivity contribution < 1.29 is 22.4 Å². The molecule has 0 spiro atoms. The number of hydrogen-bond donors (Lipinski definition) is 1. The van der Waals surface area contributed by atoms with Crippen LogP contribution >= 0.6 is 0 Å². The van der Waals surface area contributed by atoms with Crippen molar-refractivity contribution in [1.82, 2.24) is 0 Å². The number of hydrogen-bond acceptors (Lipinski definition) is 4. The molecule has 0 saturated carbocycles. The van der Waals surface area contributed by atoms with Crippen LogP contribution in [0.2, 0.25) is 0 Å². The van der Waals surface area contributed by atoms with Crippen molar-refractivity contribution in [1.29, 1.82) is 0 Å². The molecule has 2 aliphatic rings. The van der Waals surface area contributed by atoms with Gasteiger partial charge in [0, 0.05) is 38.8 Å². The molecule has 1 fully saturated rings. The third kappa shape index (κ3) is 3.40. The molecule has 1 saturated heterocycles. The number of anilines is 4. The molecular weight excluding hydrogens is 423 g/mol. The summed E-state index contributed by atoms with van der Waals surface area (Å²) in [5, 5.41) is 2.52. The Morgan fingerprint density at radius 2 is 1.71 bits per heavy atom. The zero-order chi connectivity index (χ0) is 22.7. The summed E-state index contributed by atoms with van der Waals surface area (Å²) < 4.78 is 41.1. The van der Waals surface area contributed by atoms with Gasteiger partial charge in [0.1, 0.15) is 5.82 Å². The standard InChI is InChI=1S/C21H23FN4O4S/c1-12-5-6-15(7-13(12)2)26-11-14(8-20(26)27)21(28)23-17-10-19-18(9-16(17)22)24(3)31(29,30)25(19)4/h5-7,9-10,14H,8,11H2,1-4H3,(H,23,28)/t14-/m1/s1. The van der Waals surface area contributed by atoms with Crippen LogP contribution in [-0.2, 0) is 19.8 Å². The van der Waals surface area contributed by atoms with Crippen molar-refractivity contribution in [2.24, 2.45) is 5.92 Å². The molecule has 4 rings (SSSR count). The van der Waals surface area contributed by atoms with E-state index < -0.39 is 27.9 Å². The van der Waals surface area contributed by atoms with Crippen LogP contribution in [0.25, 0.3) is 0 Å². The molecule has 164 valence electrons. The van der Waals surface area contributed by atoms with E-state index in [-0.39, 0.29) is 35.9 Å². The van der Waals surface area contributed by atoms with Crippen LogP contribution in [0.5, 0.6) is 0 Å². The Labute approximate surface area is 180 Å². The van der Waals surface area contributed by atoms with Gasteiger partial charge in [0.15, 0.2) is 0 Å². The van der Waals surface area contributed by atoms with E-state index in [9.17, 15) is 22.4 Å². The summed E-state index contributed by atoms with van der Waals surface area (Å²) >= 11 is 0. The first kappa shape index (κ1) is 21.1. The predicted molar refractivity (Wildman–Crippen MR) is 117 cm³/mol. The van der Waals surface area contributed by atoms with Crippen molar-refractivity contribution in [2.45, 2.75) is 20.3 Å². The Bertz CT molecular complexity index is 1210. The first-order valence-corrected chi connectivity index (χ1v) is 11.1. The molecule has 10 heteroatoms. The molecule has 1 N–H and O–H groups in total. The fourth-order valence-electron chi connectivity index (χ4n) is 3.84. The summed E-state index contributed by atoms with van der Waals surface area (Å²) in [6.45, 7) is 4.12. The van der Waals surface area contributed by atoms with Crippen molar-refractivity contribution in [3.8, 4) is 0 Å². The minimum Gasteiger partial charge on any atom is -0.323 e. The van der Waals surface area contributed by atoms with E-state index >= 15 is 0 Å². The summed E-state index contributed by atoms with van der Waals surface area (Å²) in [5.41, 5.74) is 3.20. The van der Waals surface area contributed by atoms with Crippen molar-refractivity contribution in [3.63, 3.8) is 0 Å². The number of rotatable bonds is 3. The minimum absolute atomic E-state index is 0.0162. The maximum atomic E-state index is 14.6. The maximum absolute atomic E-state index is 14.6. The zero-order valence-electron chi connectivity index (χ0n) is 17.6.